The first-order chi connectivity index (χ1) is 6.68. The summed E-state index contributed by atoms with van der Waals surface area (Å²) in [6, 6.07) is 0. The Morgan fingerprint density at radius 1 is 0.750 bits per heavy atom. The fourth-order valence-electron chi connectivity index (χ4n) is 0.990. The molecule has 0 aliphatic heterocycles. The van der Waals surface area contributed by atoms with Crippen molar-refractivity contribution < 1.29 is 68.5 Å². The van der Waals surface area contributed by atoms with Gasteiger partial charge in [0.15, 0.2) is 23.3 Å². The molecule has 0 bridgehead atoms. The molecule has 1 rings (SSSR count). The predicted octanol–water partition coefficient (Wildman–Crippen LogP) is 3.57. The Hall–Kier alpha value is -0.0103. The van der Waals surface area contributed by atoms with Crippen LogP contribution in [0.2, 0.25) is 0 Å². The molecule has 8 heteroatoms. The standard InChI is InChI=1S/C8H3F7.Ar/c1-2-4(9)6(11)3(8(13,14)15)7(12)5(2)10;/h1H3;. The van der Waals surface area contributed by atoms with Crippen molar-refractivity contribution in [3.05, 3.63) is 34.4 Å². The van der Waals surface area contributed by atoms with Gasteiger partial charge in [0.1, 0.15) is 5.56 Å². The van der Waals surface area contributed by atoms with Crippen molar-refractivity contribution in [3.8, 4) is 0 Å². The molecule has 92 valence electrons. The minimum absolute atomic E-state index is 0. The minimum atomic E-state index is -5.48. The third-order valence-corrected chi connectivity index (χ3v) is 1.77. The quantitative estimate of drug-likeness (QED) is 0.500. The first kappa shape index (κ1) is 16.0. The van der Waals surface area contributed by atoms with Crippen LogP contribution in [0.1, 0.15) is 11.1 Å². The average Bonchev–Trinajstić information content (AvgIpc) is 2.09. The van der Waals surface area contributed by atoms with E-state index in [1.807, 2.05) is 0 Å². The van der Waals surface area contributed by atoms with Crippen LogP contribution in [0.3, 0.4) is 0 Å². The Morgan fingerprint density at radius 2 is 1.06 bits per heavy atom. The molecule has 1 aromatic rings. The zero-order chi connectivity index (χ0) is 12.0. The normalized spacial score (nSPS) is 11.2. The van der Waals surface area contributed by atoms with Crippen LogP contribution < -0.4 is 0 Å². The van der Waals surface area contributed by atoms with E-state index in [4.69, 9.17) is 0 Å². The van der Waals surface area contributed by atoms with Gasteiger partial charge in [-0.25, -0.2) is 17.6 Å². The van der Waals surface area contributed by atoms with Crippen molar-refractivity contribution in [2.24, 2.45) is 0 Å². The Labute approximate surface area is 115 Å². The molecular formula is C8H3ArF7. The molecule has 0 atom stereocenters. The maximum Gasteiger partial charge on any atom is 0.422 e. The van der Waals surface area contributed by atoms with Crippen LogP contribution in [-0.4, -0.2) is 0 Å². The largest absolute Gasteiger partial charge is 0.422 e. The first-order valence-electron chi connectivity index (χ1n) is 3.57. The van der Waals surface area contributed by atoms with Gasteiger partial charge in [-0.3, -0.25) is 0 Å². The Bertz CT molecular complexity index is 381. The summed E-state index contributed by atoms with van der Waals surface area (Å²) in [6.07, 6.45) is -5.48. The Balaban J connectivity index is 0.00000225. The second kappa shape index (κ2) is 5.10. The van der Waals surface area contributed by atoms with Gasteiger partial charge in [0, 0.05) is 43.3 Å². The van der Waals surface area contributed by atoms with Gasteiger partial charge < -0.3 is 0 Å². The van der Waals surface area contributed by atoms with Crippen molar-refractivity contribution in [2.45, 2.75) is 13.1 Å². The molecule has 16 heavy (non-hydrogen) atoms. The minimum Gasteiger partial charge on any atom is -0.203 e. The number of hydrogen-bond donors (Lipinski definition) is 0. The van der Waals surface area contributed by atoms with E-state index in [1.54, 1.807) is 0 Å². The second-order valence-corrected chi connectivity index (χ2v) is 2.75. The zero-order valence-electron chi connectivity index (χ0n) is 7.50. The van der Waals surface area contributed by atoms with E-state index >= 15 is 0 Å². The molecule has 0 fully saturated rings. The predicted molar refractivity (Wildman–Crippen MR) is 36.0 cm³/mol. The topological polar surface area (TPSA) is 0 Å². The number of halogens is 7. The van der Waals surface area contributed by atoms with Gasteiger partial charge in [0.25, 0.3) is 0 Å². The van der Waals surface area contributed by atoms with Crippen molar-refractivity contribution in [1.29, 1.82) is 0 Å². The summed E-state index contributed by atoms with van der Waals surface area (Å²) in [4.78, 5) is 0. The third kappa shape index (κ3) is 2.62. The zero-order valence-corrected chi connectivity index (χ0v) is 8.21. The van der Waals surface area contributed by atoms with Crippen molar-refractivity contribution in [2.75, 3.05) is 0 Å². The summed E-state index contributed by atoms with van der Waals surface area (Å²) in [7, 11) is 0. The molecule has 0 aliphatic carbocycles. The summed E-state index contributed by atoms with van der Waals surface area (Å²) >= 11 is 0. The molecule has 0 saturated heterocycles. The molecular weight excluding hydrogens is 269 g/mol. The fraction of sp³-hybridized carbons (Fsp3) is 0.250. The number of hydrogen-bond acceptors (Lipinski definition) is 0. The van der Waals surface area contributed by atoms with Crippen LogP contribution in [0.5, 0.6) is 0 Å². The molecule has 0 amide bonds. The number of rotatable bonds is 0. The summed E-state index contributed by atoms with van der Waals surface area (Å²) in [5, 5.41) is 0. The van der Waals surface area contributed by atoms with Crippen LogP contribution in [0.15, 0.2) is 0 Å². The van der Waals surface area contributed by atoms with Crippen molar-refractivity contribution in [1.82, 2.24) is 0 Å². The van der Waals surface area contributed by atoms with E-state index in [9.17, 15) is 30.7 Å². The van der Waals surface area contributed by atoms with E-state index in [0.717, 1.165) is 0 Å². The van der Waals surface area contributed by atoms with E-state index in [0.29, 0.717) is 6.92 Å². The molecule has 0 saturated carbocycles. The number of alkyl halides is 3. The number of benzene rings is 1. The molecule has 0 unspecified atom stereocenters. The van der Waals surface area contributed by atoms with E-state index in [1.165, 1.54) is 0 Å². The molecule has 0 N–H and O–H groups in total. The smallest absolute Gasteiger partial charge is 0.203 e. The van der Waals surface area contributed by atoms with Crippen LogP contribution in [0.25, 0.3) is 0 Å². The van der Waals surface area contributed by atoms with Crippen molar-refractivity contribution in [3.63, 3.8) is 0 Å². The van der Waals surface area contributed by atoms with Gasteiger partial charge in [-0.15, -0.1) is 0 Å². The maximum absolute atomic E-state index is 12.7. The summed E-state index contributed by atoms with van der Waals surface area (Å²) < 4.78 is 86.7. The summed E-state index contributed by atoms with van der Waals surface area (Å²) in [5.41, 5.74) is -3.68. The van der Waals surface area contributed by atoms with Gasteiger partial charge in [-0.1, -0.05) is 0 Å². The first-order valence-corrected chi connectivity index (χ1v) is 3.57. The molecule has 0 heterocycles. The van der Waals surface area contributed by atoms with Gasteiger partial charge in [0.2, 0.25) is 0 Å². The molecule has 0 aromatic heterocycles. The van der Waals surface area contributed by atoms with Crippen LogP contribution in [0, 0.1) is 67.9 Å². The third-order valence-electron chi connectivity index (χ3n) is 1.77. The molecule has 1 aromatic carbocycles. The van der Waals surface area contributed by atoms with Gasteiger partial charge in [-0.2, -0.15) is 13.2 Å². The van der Waals surface area contributed by atoms with Crippen LogP contribution in [0.4, 0.5) is 30.7 Å². The fourth-order valence-corrected chi connectivity index (χ4v) is 0.990. The second-order valence-electron chi connectivity index (χ2n) is 2.75. The Kier molecular flexibility index (Phi) is 5.09. The summed E-state index contributed by atoms with van der Waals surface area (Å²) in [5.74, 6) is -8.94. The van der Waals surface area contributed by atoms with Gasteiger partial charge in [-0.05, 0) is 6.92 Å². The molecule has 0 aliphatic rings. The van der Waals surface area contributed by atoms with Gasteiger partial charge in [0.05, 0.1) is 0 Å². The Morgan fingerprint density at radius 3 is 1.31 bits per heavy atom. The monoisotopic (exact) mass is 272 g/mol. The van der Waals surface area contributed by atoms with Crippen LogP contribution in [-0.2, 0) is 6.18 Å². The molecule has 0 radical (unpaired) electrons. The maximum atomic E-state index is 12.7. The molecule has 0 nitrogen and oxygen atoms in total. The average molecular weight is 272 g/mol. The van der Waals surface area contributed by atoms with E-state index in [-0.39, 0.29) is 37.7 Å². The van der Waals surface area contributed by atoms with E-state index in [2.05, 4.69) is 0 Å². The van der Waals surface area contributed by atoms with E-state index < -0.39 is 40.6 Å². The van der Waals surface area contributed by atoms with Crippen LogP contribution >= 0.6 is 0 Å². The molecule has 0 spiro atoms. The SMILES string of the molecule is Cc1c(F)c(F)c(C(F)(F)F)c(F)c1F.[Ar]. The van der Waals surface area contributed by atoms with Gasteiger partial charge >= 0.3 is 6.18 Å². The summed E-state index contributed by atoms with van der Waals surface area (Å²) in [6.45, 7) is 0.636. The van der Waals surface area contributed by atoms with Crippen molar-refractivity contribution >= 4 is 0 Å².